The Bertz CT molecular complexity index is 648. The van der Waals surface area contributed by atoms with E-state index in [9.17, 15) is 0 Å². The van der Waals surface area contributed by atoms with Gasteiger partial charge in [0.25, 0.3) is 0 Å². The third kappa shape index (κ3) is 3.72. The zero-order valence-corrected chi connectivity index (χ0v) is 13.2. The molecular weight excluding hydrogens is 262 g/mol. The molecule has 5 heteroatoms. The Hall–Kier alpha value is -2.09. The van der Waals surface area contributed by atoms with E-state index in [0.29, 0.717) is 12.5 Å². The number of aromatic nitrogens is 3. The summed E-state index contributed by atoms with van der Waals surface area (Å²) in [6, 6.07) is 4.59. The van der Waals surface area contributed by atoms with Gasteiger partial charge < -0.3 is 5.32 Å². The summed E-state index contributed by atoms with van der Waals surface area (Å²) < 4.78 is 1.93. The maximum Gasteiger partial charge on any atom is 0.158 e. The van der Waals surface area contributed by atoms with Gasteiger partial charge >= 0.3 is 0 Å². The summed E-state index contributed by atoms with van der Waals surface area (Å²) in [5.74, 6) is 0. The molecule has 0 unspecified atom stereocenters. The molecule has 0 aromatic carbocycles. The summed E-state index contributed by atoms with van der Waals surface area (Å²) in [6.45, 7) is 9.34. The normalized spacial score (nSPS) is 11.8. The van der Waals surface area contributed by atoms with Crippen molar-refractivity contribution in [2.45, 2.75) is 46.6 Å². The molecule has 2 rings (SSSR count). The molecule has 0 aliphatic rings. The van der Waals surface area contributed by atoms with Crippen molar-refractivity contribution >= 4 is 16.7 Å². The highest BCUT2D eigenvalue weighted by atomic mass is 15.3. The van der Waals surface area contributed by atoms with E-state index in [1.54, 1.807) is 0 Å². The Morgan fingerprint density at radius 1 is 1.38 bits per heavy atom. The highest BCUT2D eigenvalue weighted by molar-refractivity contribution is 5.78. The van der Waals surface area contributed by atoms with Crippen LogP contribution >= 0.6 is 0 Å². The quantitative estimate of drug-likeness (QED) is 0.877. The van der Waals surface area contributed by atoms with Crippen molar-refractivity contribution < 1.29 is 0 Å². The molecular formula is C16H23N5. The van der Waals surface area contributed by atoms with E-state index >= 15 is 0 Å². The monoisotopic (exact) mass is 285 g/mol. The van der Waals surface area contributed by atoms with Gasteiger partial charge in [0.1, 0.15) is 0 Å². The maximum absolute atomic E-state index is 8.69. The molecule has 0 radical (unpaired) electrons. The Kier molecular flexibility index (Phi) is 4.46. The first-order chi connectivity index (χ1) is 9.93. The largest absolute Gasteiger partial charge is 0.383 e. The average molecular weight is 285 g/mol. The molecule has 0 bridgehead atoms. The van der Waals surface area contributed by atoms with Crippen molar-refractivity contribution in [3.8, 4) is 6.07 Å². The van der Waals surface area contributed by atoms with Crippen molar-refractivity contribution in [1.82, 2.24) is 14.8 Å². The van der Waals surface area contributed by atoms with E-state index in [1.165, 1.54) is 0 Å². The number of rotatable bonds is 6. The fourth-order valence-corrected chi connectivity index (χ4v) is 2.24. The lowest BCUT2D eigenvalue weighted by Gasteiger charge is -2.24. The topological polar surface area (TPSA) is 66.5 Å². The van der Waals surface area contributed by atoms with E-state index in [0.717, 1.165) is 29.7 Å². The van der Waals surface area contributed by atoms with Crippen LogP contribution in [0.15, 0.2) is 18.5 Å². The van der Waals surface area contributed by atoms with Gasteiger partial charge in [0.2, 0.25) is 0 Å². The molecule has 2 aromatic heterocycles. The molecule has 112 valence electrons. The first-order valence-electron chi connectivity index (χ1n) is 7.37. The molecule has 0 aliphatic carbocycles. The van der Waals surface area contributed by atoms with Gasteiger partial charge in [0.05, 0.1) is 24.2 Å². The lowest BCUT2D eigenvalue weighted by atomic mass is 9.88. The highest BCUT2D eigenvalue weighted by Crippen LogP contribution is 2.24. The Morgan fingerprint density at radius 3 is 2.81 bits per heavy atom. The second-order valence-corrected chi connectivity index (χ2v) is 6.50. The predicted octanol–water partition coefficient (Wildman–Crippen LogP) is 3.75. The maximum atomic E-state index is 8.69. The van der Waals surface area contributed by atoms with Crippen LogP contribution in [-0.4, -0.2) is 21.3 Å². The van der Waals surface area contributed by atoms with Gasteiger partial charge in [-0.25, -0.2) is 9.67 Å². The molecule has 1 N–H and O–H groups in total. The molecule has 0 aliphatic heterocycles. The van der Waals surface area contributed by atoms with Crippen LogP contribution in [0.4, 0.5) is 5.69 Å². The van der Waals surface area contributed by atoms with Crippen LogP contribution in [0, 0.1) is 16.7 Å². The first kappa shape index (κ1) is 15.3. The summed E-state index contributed by atoms with van der Waals surface area (Å²) >= 11 is 0. The van der Waals surface area contributed by atoms with E-state index in [2.05, 4.69) is 55.2 Å². The average Bonchev–Trinajstić information content (AvgIpc) is 2.86. The fourth-order valence-electron chi connectivity index (χ4n) is 2.24. The van der Waals surface area contributed by atoms with Gasteiger partial charge in [0.15, 0.2) is 5.65 Å². The summed E-state index contributed by atoms with van der Waals surface area (Å²) in [4.78, 5) is 4.51. The smallest absolute Gasteiger partial charge is 0.158 e. The molecule has 0 amide bonds. The minimum atomic E-state index is 0.0901. The molecule has 0 saturated carbocycles. The third-order valence-corrected chi connectivity index (χ3v) is 3.61. The van der Waals surface area contributed by atoms with Crippen LogP contribution in [-0.2, 0) is 0 Å². The molecule has 5 nitrogen and oxygen atoms in total. The lowest BCUT2D eigenvalue weighted by molar-refractivity contribution is 0.364. The zero-order chi connectivity index (χ0) is 15.5. The van der Waals surface area contributed by atoms with E-state index < -0.39 is 0 Å². The summed E-state index contributed by atoms with van der Waals surface area (Å²) in [5.41, 5.74) is 2.00. The van der Waals surface area contributed by atoms with E-state index in [-0.39, 0.29) is 5.41 Å². The van der Waals surface area contributed by atoms with Crippen molar-refractivity contribution in [1.29, 1.82) is 5.26 Å². The molecule has 0 spiro atoms. The Morgan fingerprint density at radius 2 is 2.14 bits per heavy atom. The molecule has 0 fully saturated rings. The minimum absolute atomic E-state index is 0.0901. The lowest BCUT2D eigenvalue weighted by Crippen LogP contribution is -2.22. The van der Waals surface area contributed by atoms with Gasteiger partial charge in [-0.3, -0.25) is 0 Å². The molecule has 2 aromatic rings. The summed E-state index contributed by atoms with van der Waals surface area (Å²) in [5, 5.41) is 17.5. The van der Waals surface area contributed by atoms with Crippen LogP contribution in [0.2, 0.25) is 0 Å². The first-order valence-corrected chi connectivity index (χ1v) is 7.37. The van der Waals surface area contributed by atoms with Crippen molar-refractivity contribution in [3.05, 3.63) is 18.5 Å². The highest BCUT2D eigenvalue weighted by Gasteiger charge is 2.17. The number of nitriles is 1. The van der Waals surface area contributed by atoms with Crippen LogP contribution in [0.3, 0.4) is 0 Å². The molecule has 0 saturated heterocycles. The third-order valence-electron chi connectivity index (χ3n) is 3.61. The van der Waals surface area contributed by atoms with Crippen LogP contribution in [0.1, 0.15) is 46.6 Å². The summed E-state index contributed by atoms with van der Waals surface area (Å²) in [6.07, 6.45) is 5.18. The SMILES string of the molecule is CC(C)n1ncc2cc(NCC(C)(C)CCC#N)cnc21. The standard InChI is InChI=1S/C16H23N5/c1-12(2)21-15-13(9-20-21)8-14(10-18-15)19-11-16(3,4)6-5-7-17/h8-10,12,19H,5-6,11H2,1-4H3. The number of fused-ring (bicyclic) bond motifs is 1. The van der Waals surface area contributed by atoms with Crippen LogP contribution < -0.4 is 5.32 Å². The van der Waals surface area contributed by atoms with Crippen LogP contribution in [0.25, 0.3) is 11.0 Å². The van der Waals surface area contributed by atoms with Gasteiger partial charge in [-0.2, -0.15) is 10.4 Å². The molecule has 0 atom stereocenters. The summed E-state index contributed by atoms with van der Waals surface area (Å²) in [7, 11) is 0. The van der Waals surface area contributed by atoms with Gasteiger partial charge in [0, 0.05) is 24.4 Å². The van der Waals surface area contributed by atoms with Gasteiger partial charge in [-0.05, 0) is 31.7 Å². The second-order valence-electron chi connectivity index (χ2n) is 6.50. The van der Waals surface area contributed by atoms with E-state index in [1.807, 2.05) is 17.1 Å². The van der Waals surface area contributed by atoms with Gasteiger partial charge in [-0.15, -0.1) is 0 Å². The number of hydrogen-bond donors (Lipinski definition) is 1. The minimum Gasteiger partial charge on any atom is -0.383 e. The Balaban J connectivity index is 2.08. The zero-order valence-electron chi connectivity index (χ0n) is 13.2. The number of hydrogen-bond acceptors (Lipinski definition) is 4. The number of nitrogens with zero attached hydrogens (tertiary/aromatic N) is 4. The number of pyridine rings is 1. The van der Waals surface area contributed by atoms with Crippen LogP contribution in [0.5, 0.6) is 0 Å². The van der Waals surface area contributed by atoms with Gasteiger partial charge in [-0.1, -0.05) is 13.8 Å². The van der Waals surface area contributed by atoms with Crippen molar-refractivity contribution in [2.75, 3.05) is 11.9 Å². The fraction of sp³-hybridized carbons (Fsp3) is 0.562. The molecule has 2 heterocycles. The number of nitrogens with one attached hydrogen (secondary N) is 1. The predicted molar refractivity (Wildman–Crippen MR) is 85.0 cm³/mol. The Labute approximate surface area is 126 Å². The van der Waals surface area contributed by atoms with Crippen molar-refractivity contribution in [3.63, 3.8) is 0 Å². The van der Waals surface area contributed by atoms with Crippen molar-refractivity contribution in [2.24, 2.45) is 5.41 Å². The molecule has 21 heavy (non-hydrogen) atoms. The second kappa shape index (κ2) is 6.13. The van der Waals surface area contributed by atoms with E-state index in [4.69, 9.17) is 5.26 Å². The number of anilines is 1.